The van der Waals surface area contributed by atoms with Crippen molar-refractivity contribution in [1.29, 1.82) is 0 Å². The van der Waals surface area contributed by atoms with E-state index < -0.39 is 0 Å². The number of ether oxygens (including phenoxy) is 2. The summed E-state index contributed by atoms with van der Waals surface area (Å²) < 4.78 is 10.7. The molecule has 5 nitrogen and oxygen atoms in total. The van der Waals surface area contributed by atoms with Crippen LogP contribution in [-0.2, 0) is 17.8 Å². The standard InChI is InChI=1S/C21H26N2O3/c1-15(19-12-18(25-2)8-9-20(19)26-3)22-21(24)14-23-11-10-16-6-4-5-7-17(16)13-23/h4-9,12,15H,10-11,13-14H2,1-3H3,(H,22,24)/t15-/m1/s1. The molecule has 5 heteroatoms. The van der Waals surface area contributed by atoms with Crippen molar-refractivity contribution in [3.63, 3.8) is 0 Å². The number of amides is 1. The van der Waals surface area contributed by atoms with Gasteiger partial charge in [0.05, 0.1) is 26.8 Å². The van der Waals surface area contributed by atoms with Crippen LogP contribution in [0.15, 0.2) is 42.5 Å². The summed E-state index contributed by atoms with van der Waals surface area (Å²) in [6.45, 7) is 4.08. The molecular formula is C21H26N2O3. The number of hydrogen-bond acceptors (Lipinski definition) is 4. The van der Waals surface area contributed by atoms with E-state index in [2.05, 4.69) is 34.5 Å². The third-order valence-corrected chi connectivity index (χ3v) is 4.86. The average Bonchev–Trinajstić information content (AvgIpc) is 2.67. The van der Waals surface area contributed by atoms with Gasteiger partial charge in [0.2, 0.25) is 5.91 Å². The highest BCUT2D eigenvalue weighted by Crippen LogP contribution is 2.29. The Labute approximate surface area is 154 Å². The van der Waals surface area contributed by atoms with Gasteiger partial charge >= 0.3 is 0 Å². The zero-order valence-electron chi connectivity index (χ0n) is 15.6. The van der Waals surface area contributed by atoms with Gasteiger partial charge in [-0.1, -0.05) is 24.3 Å². The van der Waals surface area contributed by atoms with Crippen molar-refractivity contribution < 1.29 is 14.3 Å². The average molecular weight is 354 g/mol. The van der Waals surface area contributed by atoms with E-state index in [1.165, 1.54) is 11.1 Å². The highest BCUT2D eigenvalue weighted by atomic mass is 16.5. The Bertz CT molecular complexity index is 776. The molecule has 0 fully saturated rings. The molecule has 2 aromatic carbocycles. The largest absolute Gasteiger partial charge is 0.497 e. The number of methoxy groups -OCH3 is 2. The number of fused-ring (bicyclic) bond motifs is 1. The van der Waals surface area contributed by atoms with Gasteiger partial charge in [0.15, 0.2) is 0 Å². The van der Waals surface area contributed by atoms with Crippen LogP contribution in [0.3, 0.4) is 0 Å². The molecule has 1 N–H and O–H groups in total. The van der Waals surface area contributed by atoms with Gasteiger partial charge < -0.3 is 14.8 Å². The fraction of sp³-hybridized carbons (Fsp3) is 0.381. The maximum absolute atomic E-state index is 12.5. The van der Waals surface area contributed by atoms with Crippen LogP contribution >= 0.6 is 0 Å². The van der Waals surface area contributed by atoms with Gasteiger partial charge in [-0.25, -0.2) is 0 Å². The van der Waals surface area contributed by atoms with E-state index >= 15 is 0 Å². The highest BCUT2D eigenvalue weighted by Gasteiger charge is 2.20. The molecule has 0 aliphatic carbocycles. The van der Waals surface area contributed by atoms with Gasteiger partial charge in [0.1, 0.15) is 11.5 Å². The first-order valence-electron chi connectivity index (χ1n) is 8.91. The molecule has 1 atom stereocenters. The molecule has 1 heterocycles. The summed E-state index contributed by atoms with van der Waals surface area (Å²) >= 11 is 0. The highest BCUT2D eigenvalue weighted by molar-refractivity contribution is 5.78. The second kappa shape index (κ2) is 8.23. The lowest BCUT2D eigenvalue weighted by Crippen LogP contribution is -2.40. The van der Waals surface area contributed by atoms with E-state index in [9.17, 15) is 4.79 Å². The van der Waals surface area contributed by atoms with Gasteiger partial charge in [0.25, 0.3) is 0 Å². The third kappa shape index (κ3) is 4.17. The SMILES string of the molecule is COc1ccc(OC)c([C@@H](C)NC(=O)CN2CCc3ccccc3C2)c1. The lowest BCUT2D eigenvalue weighted by Gasteiger charge is -2.28. The molecule has 1 aliphatic rings. The Kier molecular flexibility index (Phi) is 5.78. The maximum atomic E-state index is 12.5. The van der Waals surface area contributed by atoms with Gasteiger partial charge in [-0.3, -0.25) is 9.69 Å². The Morgan fingerprint density at radius 1 is 1.15 bits per heavy atom. The summed E-state index contributed by atoms with van der Waals surface area (Å²) in [4.78, 5) is 14.7. The smallest absolute Gasteiger partial charge is 0.234 e. The second-order valence-corrected chi connectivity index (χ2v) is 6.63. The topological polar surface area (TPSA) is 50.8 Å². The molecule has 0 saturated heterocycles. The first kappa shape index (κ1) is 18.3. The summed E-state index contributed by atoms with van der Waals surface area (Å²) in [6, 6.07) is 13.9. The van der Waals surface area contributed by atoms with Crippen LogP contribution in [0.25, 0.3) is 0 Å². The first-order valence-corrected chi connectivity index (χ1v) is 8.91. The number of carbonyl (C=O) groups is 1. The Morgan fingerprint density at radius 2 is 1.92 bits per heavy atom. The quantitative estimate of drug-likeness (QED) is 0.867. The summed E-state index contributed by atoms with van der Waals surface area (Å²) in [7, 11) is 3.26. The number of nitrogens with zero attached hydrogens (tertiary/aromatic N) is 1. The number of hydrogen-bond donors (Lipinski definition) is 1. The summed E-state index contributed by atoms with van der Waals surface area (Å²) in [5.41, 5.74) is 3.61. The van der Waals surface area contributed by atoms with Crippen molar-refractivity contribution in [2.24, 2.45) is 0 Å². The molecule has 0 saturated carbocycles. The van der Waals surface area contributed by atoms with Crippen LogP contribution in [0.5, 0.6) is 11.5 Å². The molecule has 26 heavy (non-hydrogen) atoms. The van der Waals surface area contributed by atoms with E-state index in [1.807, 2.05) is 25.1 Å². The van der Waals surface area contributed by atoms with Crippen LogP contribution in [0.4, 0.5) is 0 Å². The molecule has 0 radical (unpaired) electrons. The lowest BCUT2D eigenvalue weighted by molar-refractivity contribution is -0.123. The predicted molar refractivity (Wildman–Crippen MR) is 102 cm³/mol. The fourth-order valence-corrected chi connectivity index (χ4v) is 3.43. The van der Waals surface area contributed by atoms with Crippen LogP contribution in [0, 0.1) is 0 Å². The van der Waals surface area contributed by atoms with E-state index in [4.69, 9.17) is 9.47 Å². The lowest BCUT2D eigenvalue weighted by atomic mass is 10.00. The normalized spacial score (nSPS) is 15.0. The molecule has 0 aromatic heterocycles. The van der Waals surface area contributed by atoms with Crippen molar-refractivity contribution in [2.45, 2.75) is 25.9 Å². The zero-order valence-corrected chi connectivity index (χ0v) is 15.6. The van der Waals surface area contributed by atoms with E-state index in [0.717, 1.165) is 36.6 Å². The van der Waals surface area contributed by atoms with Crippen LogP contribution < -0.4 is 14.8 Å². The minimum Gasteiger partial charge on any atom is -0.497 e. The van der Waals surface area contributed by atoms with E-state index in [1.54, 1.807) is 14.2 Å². The van der Waals surface area contributed by atoms with Gasteiger partial charge in [-0.15, -0.1) is 0 Å². The molecule has 2 aromatic rings. The van der Waals surface area contributed by atoms with Crippen LogP contribution in [0.2, 0.25) is 0 Å². The van der Waals surface area contributed by atoms with Gasteiger partial charge in [-0.2, -0.15) is 0 Å². The third-order valence-electron chi connectivity index (χ3n) is 4.86. The first-order chi connectivity index (χ1) is 12.6. The molecule has 3 rings (SSSR count). The van der Waals surface area contributed by atoms with Gasteiger partial charge in [-0.05, 0) is 42.7 Å². The molecule has 1 aliphatic heterocycles. The molecule has 0 bridgehead atoms. The van der Waals surface area contributed by atoms with Crippen molar-refractivity contribution in [3.05, 3.63) is 59.2 Å². The van der Waals surface area contributed by atoms with E-state index in [0.29, 0.717) is 6.54 Å². The fourth-order valence-electron chi connectivity index (χ4n) is 3.43. The minimum atomic E-state index is -0.162. The van der Waals surface area contributed by atoms with Crippen LogP contribution in [-0.4, -0.2) is 38.1 Å². The van der Waals surface area contributed by atoms with E-state index in [-0.39, 0.29) is 11.9 Å². The number of rotatable bonds is 6. The Hall–Kier alpha value is -2.53. The maximum Gasteiger partial charge on any atom is 0.234 e. The molecule has 0 unspecified atom stereocenters. The number of nitrogens with one attached hydrogen (secondary N) is 1. The van der Waals surface area contributed by atoms with Crippen molar-refractivity contribution in [3.8, 4) is 11.5 Å². The molecule has 1 amide bonds. The minimum absolute atomic E-state index is 0.0155. The Morgan fingerprint density at radius 3 is 2.65 bits per heavy atom. The summed E-state index contributed by atoms with van der Waals surface area (Å²) in [5, 5.41) is 3.08. The number of carbonyl (C=O) groups excluding carboxylic acids is 1. The van der Waals surface area contributed by atoms with Crippen molar-refractivity contribution >= 4 is 5.91 Å². The predicted octanol–water partition coefficient (Wildman–Crippen LogP) is 2.94. The Balaban J connectivity index is 1.62. The molecular weight excluding hydrogens is 328 g/mol. The van der Waals surface area contributed by atoms with Crippen LogP contribution in [0.1, 0.15) is 29.7 Å². The van der Waals surface area contributed by atoms with Crippen molar-refractivity contribution in [2.75, 3.05) is 27.3 Å². The summed E-state index contributed by atoms with van der Waals surface area (Å²) in [5.74, 6) is 1.50. The van der Waals surface area contributed by atoms with Crippen molar-refractivity contribution in [1.82, 2.24) is 10.2 Å². The second-order valence-electron chi connectivity index (χ2n) is 6.63. The monoisotopic (exact) mass is 354 g/mol. The zero-order chi connectivity index (χ0) is 18.5. The molecule has 138 valence electrons. The molecule has 0 spiro atoms. The van der Waals surface area contributed by atoms with Gasteiger partial charge in [0, 0.05) is 18.7 Å². The number of benzene rings is 2. The summed E-state index contributed by atoms with van der Waals surface area (Å²) in [6.07, 6.45) is 0.989.